The summed E-state index contributed by atoms with van der Waals surface area (Å²) in [5, 5.41) is 7.00. The van der Waals surface area contributed by atoms with Crippen LogP contribution in [0.4, 0.5) is 27.8 Å². The molecule has 0 aliphatic carbocycles. The van der Waals surface area contributed by atoms with Crippen LogP contribution in [0, 0.1) is 29.5 Å². The number of rotatable bonds is 6. The van der Waals surface area contributed by atoms with Crippen LogP contribution in [0.5, 0.6) is 0 Å². The van der Waals surface area contributed by atoms with Gasteiger partial charge in [-0.15, -0.1) is 0 Å². The van der Waals surface area contributed by atoms with Crippen molar-refractivity contribution in [2.75, 3.05) is 39.0 Å². The third kappa shape index (κ3) is 11.5. The fourth-order valence-electron chi connectivity index (χ4n) is 6.54. The largest absolute Gasteiger partial charge is 0.400 e. The molecule has 6 rings (SSSR count). The summed E-state index contributed by atoms with van der Waals surface area (Å²) in [7, 11) is 1.00. The molecule has 2 saturated heterocycles. The molecule has 4 atom stereocenters. The Balaban J connectivity index is 0.000000278. The number of nitrogens with zero attached hydrogens (tertiary/aromatic N) is 6. The molecule has 0 bridgehead atoms. The third-order valence-electron chi connectivity index (χ3n) is 9.50. The molecule has 2 aromatic carbocycles. The van der Waals surface area contributed by atoms with Crippen LogP contribution in [0.2, 0.25) is 0 Å². The number of aliphatic hydroxyl groups is 1. The molecule has 6 N–H and O–H groups in total. The zero-order valence-corrected chi connectivity index (χ0v) is 31.6. The van der Waals surface area contributed by atoms with Gasteiger partial charge < -0.3 is 26.8 Å². The lowest BCUT2D eigenvalue weighted by Gasteiger charge is -2.44. The lowest BCUT2D eigenvalue weighted by molar-refractivity contribution is 0.0282. The lowest BCUT2D eigenvalue weighted by Crippen LogP contribution is -2.57. The van der Waals surface area contributed by atoms with Gasteiger partial charge in [0, 0.05) is 70.5 Å². The van der Waals surface area contributed by atoms with Gasteiger partial charge >= 0.3 is 0 Å². The van der Waals surface area contributed by atoms with Crippen molar-refractivity contribution in [3.8, 4) is 0 Å². The highest BCUT2D eigenvalue weighted by Gasteiger charge is 2.35. The summed E-state index contributed by atoms with van der Waals surface area (Å²) in [4.78, 5) is 39.7. The molecule has 298 valence electrons. The normalized spacial score (nSPS) is 20.0. The van der Waals surface area contributed by atoms with Crippen molar-refractivity contribution in [3.63, 3.8) is 0 Å². The first-order valence-electron chi connectivity index (χ1n) is 17.5. The van der Waals surface area contributed by atoms with Gasteiger partial charge in [-0.3, -0.25) is 19.4 Å². The average Bonchev–Trinajstić information content (AvgIpc) is 3.13. The van der Waals surface area contributed by atoms with E-state index < -0.39 is 23.8 Å². The first-order chi connectivity index (χ1) is 25.7. The number of halogens is 5. The Morgan fingerprint density at radius 2 is 0.982 bits per heavy atom. The van der Waals surface area contributed by atoms with Gasteiger partial charge in [0.25, 0.3) is 11.8 Å². The quantitative estimate of drug-likeness (QED) is 0.166. The lowest BCUT2D eigenvalue weighted by atomic mass is 10.1. The zero-order valence-electron chi connectivity index (χ0n) is 31.6. The summed E-state index contributed by atoms with van der Waals surface area (Å²) in [6.45, 7) is 11.3. The standard InChI is InChI=1S/C19H20F3N3O.C19H22F2N4O.CH4O.H3N/c1-12-10-25(19(26)16-7-8-17(21)23-18(16)22)13(2)9-24(12)11-14-3-5-15(20)6-4-14;1-12-10-25(19(26)16-7-8-17(22)23-18(16)21)13(2)9-24(12)11-14-3-5-15(20)6-4-14;1-2;/h3-8,12-13H,9-11H2,1-2H3;3-8,12-13H,9-11H2,1-2H3,(H2,22,23);2H,1H3;1H3/t2*12-,13+;;/m00../s1. The van der Waals surface area contributed by atoms with Gasteiger partial charge in [0.15, 0.2) is 0 Å². The molecule has 11 nitrogen and oxygen atoms in total. The Labute approximate surface area is 318 Å². The second-order valence-electron chi connectivity index (χ2n) is 13.5. The molecule has 16 heteroatoms. The highest BCUT2D eigenvalue weighted by Crippen LogP contribution is 2.23. The molecule has 0 unspecified atom stereocenters. The van der Waals surface area contributed by atoms with Crippen LogP contribution in [-0.2, 0) is 13.1 Å². The van der Waals surface area contributed by atoms with Crippen molar-refractivity contribution in [1.82, 2.24) is 35.7 Å². The Morgan fingerprint density at radius 3 is 1.36 bits per heavy atom. The summed E-state index contributed by atoms with van der Waals surface area (Å²) < 4.78 is 66.9. The smallest absolute Gasteiger partial charge is 0.258 e. The van der Waals surface area contributed by atoms with Crippen molar-refractivity contribution in [3.05, 3.63) is 125 Å². The predicted octanol–water partition coefficient (Wildman–Crippen LogP) is 5.68. The van der Waals surface area contributed by atoms with Crippen molar-refractivity contribution in [1.29, 1.82) is 0 Å². The average molecular weight is 773 g/mol. The first kappa shape index (κ1) is 44.4. The molecular formula is C39H49F5N8O3. The van der Waals surface area contributed by atoms with E-state index in [1.165, 1.54) is 36.4 Å². The molecule has 55 heavy (non-hydrogen) atoms. The minimum Gasteiger partial charge on any atom is -0.400 e. The fraction of sp³-hybridized carbons (Fsp3) is 0.385. The van der Waals surface area contributed by atoms with Gasteiger partial charge in [-0.2, -0.15) is 18.2 Å². The van der Waals surface area contributed by atoms with E-state index in [9.17, 15) is 31.5 Å². The molecule has 0 radical (unpaired) electrons. The first-order valence-corrected chi connectivity index (χ1v) is 17.5. The van der Waals surface area contributed by atoms with Gasteiger partial charge in [-0.05, 0) is 87.4 Å². The number of aliphatic hydroxyl groups excluding tert-OH is 1. The van der Waals surface area contributed by atoms with E-state index in [0.717, 1.165) is 30.4 Å². The number of anilines is 1. The Bertz CT molecular complexity index is 1740. The maximum atomic E-state index is 14.0. The minimum absolute atomic E-state index is 0. The number of carbonyl (C=O) groups is 2. The topological polar surface area (TPSA) is 154 Å². The molecule has 4 heterocycles. The third-order valence-corrected chi connectivity index (χ3v) is 9.50. The molecule has 4 aromatic rings. The summed E-state index contributed by atoms with van der Waals surface area (Å²) in [5.74, 6) is -4.25. The second kappa shape index (κ2) is 20.0. The number of pyridine rings is 2. The zero-order chi connectivity index (χ0) is 39.7. The van der Waals surface area contributed by atoms with Crippen molar-refractivity contribution in [2.45, 2.75) is 65.0 Å². The number of benzene rings is 2. The molecule has 2 aliphatic heterocycles. The van der Waals surface area contributed by atoms with Gasteiger partial charge in [0.05, 0.1) is 11.1 Å². The molecule has 0 spiro atoms. The van der Waals surface area contributed by atoms with Crippen molar-refractivity contribution in [2.24, 2.45) is 0 Å². The highest BCUT2D eigenvalue weighted by molar-refractivity contribution is 5.95. The summed E-state index contributed by atoms with van der Waals surface area (Å²) >= 11 is 0. The summed E-state index contributed by atoms with van der Waals surface area (Å²) in [6.07, 6.45) is 0. The Hall–Kier alpha value is -5.03. The second-order valence-corrected chi connectivity index (χ2v) is 13.5. The molecule has 2 aliphatic rings. The van der Waals surface area contributed by atoms with Gasteiger partial charge in [0.2, 0.25) is 17.8 Å². The number of hydrogen-bond donors (Lipinski definition) is 3. The molecule has 0 saturated carbocycles. The van der Waals surface area contributed by atoms with Crippen LogP contribution in [0.3, 0.4) is 0 Å². The van der Waals surface area contributed by atoms with E-state index in [2.05, 4.69) is 19.8 Å². The molecule has 2 fully saturated rings. The van der Waals surface area contributed by atoms with Gasteiger partial charge in [-0.25, -0.2) is 13.8 Å². The van der Waals surface area contributed by atoms with Crippen molar-refractivity contribution < 1.29 is 36.6 Å². The number of piperazine rings is 2. The Morgan fingerprint density at radius 1 is 0.600 bits per heavy atom. The molecule has 2 amide bonds. The van der Waals surface area contributed by atoms with Crippen LogP contribution in [0.1, 0.15) is 59.5 Å². The van der Waals surface area contributed by atoms with E-state index in [4.69, 9.17) is 10.8 Å². The van der Waals surface area contributed by atoms with E-state index in [-0.39, 0.29) is 64.8 Å². The molecule has 2 aromatic heterocycles. The van der Waals surface area contributed by atoms with Crippen LogP contribution < -0.4 is 11.9 Å². The highest BCUT2D eigenvalue weighted by atomic mass is 19.1. The van der Waals surface area contributed by atoms with Crippen LogP contribution in [-0.4, -0.2) is 104 Å². The number of nitrogens with two attached hydrogens (primary N) is 1. The monoisotopic (exact) mass is 772 g/mol. The van der Waals surface area contributed by atoms with Crippen LogP contribution >= 0.6 is 0 Å². The number of nitrogen functional groups attached to an aromatic ring is 1. The fourth-order valence-corrected chi connectivity index (χ4v) is 6.54. The predicted molar refractivity (Wildman–Crippen MR) is 199 cm³/mol. The number of aromatic nitrogens is 2. The van der Waals surface area contributed by atoms with Gasteiger partial charge in [0.1, 0.15) is 17.5 Å². The SMILES string of the molecule is CO.C[C@@H]1CN(Cc2ccc(F)cc2)[C@@H](C)CN1C(=O)c1ccc(F)nc1F.C[C@@H]1CN(Cc2ccc(F)cc2)[C@@H](C)CN1C(=O)c1ccc(N)nc1F.N. The summed E-state index contributed by atoms with van der Waals surface area (Å²) in [5.41, 5.74) is 7.16. The number of amides is 2. The Kier molecular flexibility index (Phi) is 16.2. The van der Waals surface area contributed by atoms with E-state index in [1.807, 2.05) is 27.7 Å². The van der Waals surface area contributed by atoms with Gasteiger partial charge in [-0.1, -0.05) is 24.3 Å². The van der Waals surface area contributed by atoms with Crippen LogP contribution in [0.15, 0.2) is 72.8 Å². The van der Waals surface area contributed by atoms with E-state index in [0.29, 0.717) is 39.3 Å². The maximum Gasteiger partial charge on any atom is 0.258 e. The van der Waals surface area contributed by atoms with Crippen molar-refractivity contribution >= 4 is 17.6 Å². The number of hydrogen-bond acceptors (Lipinski definition) is 9. The molecular weight excluding hydrogens is 723 g/mol. The summed E-state index contributed by atoms with van der Waals surface area (Å²) in [6, 6.07) is 17.5. The van der Waals surface area contributed by atoms with E-state index >= 15 is 0 Å². The van der Waals surface area contributed by atoms with E-state index in [1.54, 1.807) is 34.1 Å². The van der Waals surface area contributed by atoms with Crippen LogP contribution in [0.25, 0.3) is 0 Å². The maximum absolute atomic E-state index is 14.0. The minimum atomic E-state index is -1.09. The number of carbonyl (C=O) groups excluding carboxylic acids is 2.